The molecule has 1 aromatic carbocycles. The van der Waals surface area contributed by atoms with E-state index in [4.69, 9.17) is 10.2 Å². The molecule has 0 saturated carbocycles. The van der Waals surface area contributed by atoms with E-state index in [1.54, 1.807) is 12.4 Å². The third-order valence-electron chi connectivity index (χ3n) is 2.94. The van der Waals surface area contributed by atoms with Crippen LogP contribution in [0.4, 0.5) is 0 Å². The molecular formula is C12H12N4O2. The largest absolute Gasteiger partial charge is 0.417 e. The van der Waals surface area contributed by atoms with Crippen molar-refractivity contribution in [1.82, 2.24) is 14.5 Å². The van der Waals surface area contributed by atoms with Gasteiger partial charge in [0.05, 0.1) is 23.2 Å². The van der Waals surface area contributed by atoms with Crippen molar-refractivity contribution in [2.75, 3.05) is 0 Å². The number of hydrogen-bond donors (Lipinski definition) is 2. The zero-order valence-corrected chi connectivity index (χ0v) is 9.80. The molecular weight excluding hydrogens is 232 g/mol. The second-order valence-electron chi connectivity index (χ2n) is 4.08. The van der Waals surface area contributed by atoms with Gasteiger partial charge in [0.1, 0.15) is 0 Å². The summed E-state index contributed by atoms with van der Waals surface area (Å²) in [5, 5.41) is 0. The van der Waals surface area contributed by atoms with Crippen LogP contribution in [0.15, 0.2) is 33.7 Å². The number of benzene rings is 1. The smallest absolute Gasteiger partial charge is 0.408 e. The monoisotopic (exact) mass is 244 g/mol. The van der Waals surface area contributed by atoms with Crippen LogP contribution in [0.25, 0.3) is 22.4 Å². The van der Waals surface area contributed by atoms with Gasteiger partial charge < -0.3 is 14.7 Å². The number of nitrogens with two attached hydrogens (primary N) is 1. The van der Waals surface area contributed by atoms with E-state index in [2.05, 4.69) is 9.97 Å². The van der Waals surface area contributed by atoms with Gasteiger partial charge in [-0.1, -0.05) is 0 Å². The van der Waals surface area contributed by atoms with Crippen LogP contribution >= 0.6 is 0 Å². The van der Waals surface area contributed by atoms with Crippen molar-refractivity contribution in [3.8, 4) is 11.3 Å². The first-order valence-corrected chi connectivity index (χ1v) is 5.52. The Kier molecular flexibility index (Phi) is 2.31. The molecule has 3 aromatic rings. The Hall–Kier alpha value is -2.34. The minimum absolute atomic E-state index is 0.409. The highest BCUT2D eigenvalue weighted by atomic mass is 16.4. The van der Waals surface area contributed by atoms with Crippen LogP contribution in [0.5, 0.6) is 0 Å². The van der Waals surface area contributed by atoms with E-state index in [1.807, 2.05) is 23.7 Å². The molecule has 0 fully saturated rings. The normalized spacial score (nSPS) is 11.2. The lowest BCUT2D eigenvalue weighted by Gasteiger charge is -2.03. The fourth-order valence-electron chi connectivity index (χ4n) is 2.04. The molecule has 92 valence electrons. The molecule has 0 atom stereocenters. The Bertz CT molecular complexity index is 766. The van der Waals surface area contributed by atoms with Crippen LogP contribution < -0.4 is 11.5 Å². The van der Waals surface area contributed by atoms with Crippen molar-refractivity contribution in [2.24, 2.45) is 12.8 Å². The first kappa shape index (κ1) is 10.8. The van der Waals surface area contributed by atoms with Gasteiger partial charge >= 0.3 is 5.76 Å². The Balaban J connectivity index is 2.21. The van der Waals surface area contributed by atoms with Crippen LogP contribution in [0.3, 0.4) is 0 Å². The van der Waals surface area contributed by atoms with Gasteiger partial charge in [-0.05, 0) is 18.2 Å². The summed E-state index contributed by atoms with van der Waals surface area (Å²) in [7, 11) is 1.90. The average Bonchev–Trinajstić information content (AvgIpc) is 2.89. The summed E-state index contributed by atoms with van der Waals surface area (Å²) in [6, 6.07) is 5.44. The predicted molar refractivity (Wildman–Crippen MR) is 66.9 cm³/mol. The molecule has 2 heterocycles. The minimum atomic E-state index is -0.456. The van der Waals surface area contributed by atoms with E-state index in [9.17, 15) is 4.79 Å². The number of aryl methyl sites for hydroxylation is 1. The fourth-order valence-corrected chi connectivity index (χ4v) is 2.04. The number of aromatic nitrogens is 3. The maximum Gasteiger partial charge on any atom is 0.417 e. The van der Waals surface area contributed by atoms with Gasteiger partial charge in [0, 0.05) is 19.2 Å². The number of nitrogens with one attached hydrogen (secondary N) is 1. The predicted octanol–water partition coefficient (Wildman–Crippen LogP) is 0.980. The molecule has 0 spiro atoms. The summed E-state index contributed by atoms with van der Waals surface area (Å²) in [6.07, 6.45) is 1.72. The van der Waals surface area contributed by atoms with Crippen molar-refractivity contribution < 1.29 is 4.42 Å². The van der Waals surface area contributed by atoms with Gasteiger partial charge in [0.15, 0.2) is 5.58 Å². The number of hydrogen-bond acceptors (Lipinski definition) is 4. The zero-order chi connectivity index (χ0) is 12.7. The highest BCUT2D eigenvalue weighted by Crippen LogP contribution is 2.24. The highest BCUT2D eigenvalue weighted by molar-refractivity contribution is 5.79. The third-order valence-corrected chi connectivity index (χ3v) is 2.94. The highest BCUT2D eigenvalue weighted by Gasteiger charge is 2.11. The van der Waals surface area contributed by atoms with Crippen LogP contribution in [-0.4, -0.2) is 14.5 Å². The van der Waals surface area contributed by atoms with E-state index in [-0.39, 0.29) is 0 Å². The molecule has 3 rings (SSSR count). The molecule has 0 aliphatic carbocycles. The number of H-pyrrole nitrogens is 1. The summed E-state index contributed by atoms with van der Waals surface area (Å²) in [5.41, 5.74) is 9.58. The molecule has 3 N–H and O–H groups in total. The minimum Gasteiger partial charge on any atom is -0.408 e. The van der Waals surface area contributed by atoms with Crippen molar-refractivity contribution in [3.63, 3.8) is 0 Å². The molecule has 0 bridgehead atoms. The zero-order valence-electron chi connectivity index (χ0n) is 9.80. The Labute approximate surface area is 102 Å². The number of fused-ring (bicyclic) bond motifs is 1. The number of oxazole rings is 1. The SMILES string of the molecule is Cn1cnc(-c2ccc3oc(=O)[nH]c3c2)c1CN. The Morgan fingerprint density at radius 2 is 2.33 bits per heavy atom. The van der Waals surface area contributed by atoms with Crippen molar-refractivity contribution in [3.05, 3.63) is 40.8 Å². The van der Waals surface area contributed by atoms with Gasteiger partial charge in [-0.15, -0.1) is 0 Å². The van der Waals surface area contributed by atoms with E-state index < -0.39 is 5.76 Å². The molecule has 0 amide bonds. The standard InChI is InChI=1S/C12H12N4O2/c1-16-6-14-11(9(16)5-13)7-2-3-10-8(4-7)15-12(17)18-10/h2-4,6H,5,13H2,1H3,(H,15,17). The van der Waals surface area contributed by atoms with Crippen molar-refractivity contribution in [1.29, 1.82) is 0 Å². The van der Waals surface area contributed by atoms with Crippen LogP contribution in [0.1, 0.15) is 5.69 Å². The van der Waals surface area contributed by atoms with Gasteiger partial charge in [0.25, 0.3) is 0 Å². The average molecular weight is 244 g/mol. The molecule has 0 unspecified atom stereocenters. The summed E-state index contributed by atoms with van der Waals surface area (Å²) in [5.74, 6) is -0.456. The second kappa shape index (κ2) is 3.85. The lowest BCUT2D eigenvalue weighted by molar-refractivity contribution is 0.555. The van der Waals surface area contributed by atoms with Crippen LogP contribution in [0, 0.1) is 0 Å². The maximum atomic E-state index is 11.1. The maximum absolute atomic E-state index is 11.1. The van der Waals surface area contributed by atoms with Crippen molar-refractivity contribution in [2.45, 2.75) is 6.54 Å². The first-order chi connectivity index (χ1) is 8.69. The quantitative estimate of drug-likeness (QED) is 0.703. The molecule has 0 saturated heterocycles. The molecule has 2 aromatic heterocycles. The molecule has 0 radical (unpaired) electrons. The summed E-state index contributed by atoms with van der Waals surface area (Å²) in [6.45, 7) is 0.409. The third kappa shape index (κ3) is 1.54. The summed E-state index contributed by atoms with van der Waals surface area (Å²) < 4.78 is 6.85. The van der Waals surface area contributed by atoms with E-state index in [0.29, 0.717) is 17.6 Å². The van der Waals surface area contributed by atoms with Crippen LogP contribution in [0.2, 0.25) is 0 Å². The van der Waals surface area contributed by atoms with E-state index in [0.717, 1.165) is 17.0 Å². The second-order valence-corrected chi connectivity index (χ2v) is 4.08. The number of aromatic amines is 1. The summed E-state index contributed by atoms with van der Waals surface area (Å²) in [4.78, 5) is 18.1. The molecule has 18 heavy (non-hydrogen) atoms. The molecule has 6 heteroatoms. The summed E-state index contributed by atoms with van der Waals surface area (Å²) >= 11 is 0. The van der Waals surface area contributed by atoms with Gasteiger partial charge in [-0.2, -0.15) is 0 Å². The fraction of sp³-hybridized carbons (Fsp3) is 0.167. The Morgan fingerprint density at radius 3 is 3.11 bits per heavy atom. The van der Waals surface area contributed by atoms with E-state index >= 15 is 0 Å². The lowest BCUT2D eigenvalue weighted by atomic mass is 10.1. The number of nitrogens with zero attached hydrogens (tertiary/aromatic N) is 2. The van der Waals surface area contributed by atoms with Crippen molar-refractivity contribution >= 4 is 11.1 Å². The number of imidazole rings is 1. The van der Waals surface area contributed by atoms with Crippen LogP contribution in [-0.2, 0) is 13.6 Å². The number of rotatable bonds is 2. The van der Waals surface area contributed by atoms with Gasteiger partial charge in [-0.3, -0.25) is 4.98 Å². The van der Waals surface area contributed by atoms with Gasteiger partial charge in [-0.25, -0.2) is 9.78 Å². The topological polar surface area (TPSA) is 89.8 Å². The molecule has 0 aliphatic heterocycles. The molecule has 0 aliphatic rings. The lowest BCUT2D eigenvalue weighted by Crippen LogP contribution is -2.04. The van der Waals surface area contributed by atoms with E-state index in [1.165, 1.54) is 0 Å². The Morgan fingerprint density at radius 1 is 1.50 bits per heavy atom. The van der Waals surface area contributed by atoms with Gasteiger partial charge in [0.2, 0.25) is 0 Å². The first-order valence-electron chi connectivity index (χ1n) is 5.52. The molecule has 6 nitrogen and oxygen atoms in total.